The number of anilines is 1. The van der Waals surface area contributed by atoms with E-state index in [1.165, 1.54) is 11.8 Å². The highest BCUT2D eigenvalue weighted by Crippen LogP contribution is 2.26. The van der Waals surface area contributed by atoms with Gasteiger partial charge in [-0.1, -0.05) is 11.8 Å². The van der Waals surface area contributed by atoms with Crippen LogP contribution >= 0.6 is 11.8 Å². The normalized spacial score (nSPS) is 12.9. The highest BCUT2D eigenvalue weighted by molar-refractivity contribution is 8.00. The van der Waals surface area contributed by atoms with Gasteiger partial charge in [-0.05, 0) is 39.0 Å². The van der Waals surface area contributed by atoms with Crippen LogP contribution in [0, 0.1) is 0 Å². The first kappa shape index (κ1) is 15.2. The number of nitrogens with two attached hydrogens (primary N) is 1. The monoisotopic (exact) mass is 314 g/mol. The van der Waals surface area contributed by atoms with Gasteiger partial charge in [0.2, 0.25) is 0 Å². The Kier molecular flexibility index (Phi) is 4.02. The quantitative estimate of drug-likeness (QED) is 0.690. The second kappa shape index (κ2) is 5.29. The van der Waals surface area contributed by atoms with E-state index in [-0.39, 0.29) is 5.75 Å². The van der Waals surface area contributed by atoms with E-state index in [9.17, 15) is 8.42 Å². The zero-order valence-electron chi connectivity index (χ0n) is 11.7. The Bertz CT molecular complexity index is 715. The number of rotatable bonds is 4. The molecular weight excluding hydrogens is 296 g/mol. The summed E-state index contributed by atoms with van der Waals surface area (Å²) < 4.78 is 28.7. The fraction of sp³-hybridized carbons (Fsp3) is 0.462. The molecule has 0 aliphatic rings. The maximum atomic E-state index is 12.0. The molecule has 5 nitrogen and oxygen atoms in total. The van der Waals surface area contributed by atoms with E-state index in [4.69, 9.17) is 10.2 Å². The van der Waals surface area contributed by atoms with Gasteiger partial charge in [0.25, 0.3) is 5.22 Å². The van der Waals surface area contributed by atoms with E-state index >= 15 is 0 Å². The van der Waals surface area contributed by atoms with Crippen LogP contribution in [0.5, 0.6) is 0 Å². The average Bonchev–Trinajstić information content (AvgIpc) is 2.68. The first-order chi connectivity index (χ1) is 9.19. The van der Waals surface area contributed by atoms with Gasteiger partial charge in [-0.25, -0.2) is 13.4 Å². The van der Waals surface area contributed by atoms with Gasteiger partial charge in [0.15, 0.2) is 15.4 Å². The van der Waals surface area contributed by atoms with E-state index < -0.39 is 14.6 Å². The summed E-state index contributed by atoms with van der Waals surface area (Å²) >= 11 is 1.30. The second-order valence-corrected chi connectivity index (χ2v) is 9.40. The molecule has 1 aromatic heterocycles. The lowest BCUT2D eigenvalue weighted by molar-refractivity contribution is 0.489. The van der Waals surface area contributed by atoms with Crippen LogP contribution in [0.4, 0.5) is 5.69 Å². The van der Waals surface area contributed by atoms with E-state index in [1.54, 1.807) is 39.0 Å². The fourth-order valence-corrected chi connectivity index (χ4v) is 3.84. The van der Waals surface area contributed by atoms with Gasteiger partial charge < -0.3 is 10.2 Å². The first-order valence-corrected chi connectivity index (χ1v) is 8.84. The summed E-state index contributed by atoms with van der Waals surface area (Å²) in [6.45, 7) is 5.11. The third-order valence-corrected chi connectivity index (χ3v) is 6.60. The molecule has 0 saturated heterocycles. The van der Waals surface area contributed by atoms with Crippen molar-refractivity contribution in [3.05, 3.63) is 18.2 Å². The number of aromatic nitrogens is 1. The standard InChI is InChI=1S/C13H18N2O3S2/c1-13(2,3)20(16,17)7-6-19-12-15-10-8-9(14)4-5-11(10)18-12/h4-5,8H,6-7,14H2,1-3H3. The smallest absolute Gasteiger partial charge is 0.256 e. The van der Waals surface area contributed by atoms with Crippen LogP contribution in [0.3, 0.4) is 0 Å². The van der Waals surface area contributed by atoms with E-state index in [0.717, 1.165) is 0 Å². The minimum absolute atomic E-state index is 0.0992. The van der Waals surface area contributed by atoms with Crippen molar-refractivity contribution in [3.63, 3.8) is 0 Å². The van der Waals surface area contributed by atoms with Crippen LogP contribution in [0.1, 0.15) is 20.8 Å². The Balaban J connectivity index is 2.03. The number of oxazole rings is 1. The minimum Gasteiger partial charge on any atom is -0.431 e. The predicted molar refractivity (Wildman–Crippen MR) is 82.7 cm³/mol. The zero-order chi connectivity index (χ0) is 15.0. The van der Waals surface area contributed by atoms with Crippen LogP contribution in [0.15, 0.2) is 27.8 Å². The minimum atomic E-state index is -3.11. The van der Waals surface area contributed by atoms with Gasteiger partial charge in [0.1, 0.15) is 5.52 Å². The lowest BCUT2D eigenvalue weighted by Gasteiger charge is -2.18. The van der Waals surface area contributed by atoms with Gasteiger partial charge in [-0.15, -0.1) is 0 Å². The number of benzene rings is 1. The SMILES string of the molecule is CC(C)(C)S(=O)(=O)CCSc1nc2cc(N)ccc2o1. The Morgan fingerprint density at radius 3 is 2.70 bits per heavy atom. The summed E-state index contributed by atoms with van der Waals surface area (Å²) in [7, 11) is -3.11. The molecule has 20 heavy (non-hydrogen) atoms. The Labute approximate surface area is 122 Å². The van der Waals surface area contributed by atoms with Crippen molar-refractivity contribution in [2.45, 2.75) is 30.7 Å². The number of thioether (sulfide) groups is 1. The summed E-state index contributed by atoms with van der Waals surface area (Å²) in [4.78, 5) is 4.28. The summed E-state index contributed by atoms with van der Waals surface area (Å²) in [5.74, 6) is 0.518. The molecule has 1 heterocycles. The lowest BCUT2D eigenvalue weighted by atomic mass is 10.3. The molecule has 0 radical (unpaired) electrons. The Morgan fingerprint density at radius 2 is 2.05 bits per heavy atom. The summed E-state index contributed by atoms with van der Waals surface area (Å²) in [5.41, 5.74) is 7.63. The number of hydrogen-bond donors (Lipinski definition) is 1. The third-order valence-electron chi connectivity index (χ3n) is 2.90. The number of fused-ring (bicyclic) bond motifs is 1. The largest absolute Gasteiger partial charge is 0.431 e. The van der Waals surface area contributed by atoms with Gasteiger partial charge in [0, 0.05) is 11.4 Å². The third kappa shape index (κ3) is 3.27. The number of nitrogens with zero attached hydrogens (tertiary/aromatic N) is 1. The molecule has 0 amide bonds. The Hall–Kier alpha value is -1.21. The molecule has 2 aromatic rings. The maximum Gasteiger partial charge on any atom is 0.256 e. The van der Waals surface area contributed by atoms with Crippen molar-refractivity contribution in [2.75, 3.05) is 17.2 Å². The summed E-state index contributed by atoms with van der Waals surface area (Å²) in [5, 5.41) is 0.467. The molecule has 0 saturated carbocycles. The summed E-state index contributed by atoms with van der Waals surface area (Å²) in [6.07, 6.45) is 0. The van der Waals surface area contributed by atoms with Crippen LogP contribution in [0.2, 0.25) is 0 Å². The predicted octanol–water partition coefficient (Wildman–Crippen LogP) is 2.72. The summed E-state index contributed by atoms with van der Waals surface area (Å²) in [6, 6.07) is 5.23. The van der Waals surface area contributed by atoms with Crippen molar-refractivity contribution in [2.24, 2.45) is 0 Å². The molecule has 0 aliphatic carbocycles. The molecule has 0 spiro atoms. The van der Waals surface area contributed by atoms with Crippen LogP contribution in [-0.2, 0) is 9.84 Å². The topological polar surface area (TPSA) is 86.2 Å². The molecule has 0 fully saturated rings. The lowest BCUT2D eigenvalue weighted by Crippen LogP contribution is -2.31. The van der Waals surface area contributed by atoms with Crippen molar-refractivity contribution < 1.29 is 12.8 Å². The van der Waals surface area contributed by atoms with Crippen LogP contribution in [-0.4, -0.2) is 29.7 Å². The van der Waals surface area contributed by atoms with E-state index in [1.807, 2.05) is 0 Å². The molecule has 2 rings (SSSR count). The molecule has 0 bridgehead atoms. The first-order valence-electron chi connectivity index (χ1n) is 6.20. The Morgan fingerprint density at radius 1 is 1.35 bits per heavy atom. The number of nitrogen functional groups attached to an aromatic ring is 1. The van der Waals surface area contributed by atoms with E-state index in [2.05, 4.69) is 4.98 Å². The van der Waals surface area contributed by atoms with Gasteiger partial charge >= 0.3 is 0 Å². The molecule has 110 valence electrons. The maximum absolute atomic E-state index is 12.0. The molecule has 0 atom stereocenters. The van der Waals surface area contributed by atoms with Crippen molar-refractivity contribution in [3.8, 4) is 0 Å². The van der Waals surface area contributed by atoms with Crippen LogP contribution < -0.4 is 5.73 Å². The fourth-order valence-electron chi connectivity index (χ4n) is 1.53. The molecule has 0 aliphatic heterocycles. The highest BCUT2D eigenvalue weighted by Gasteiger charge is 2.28. The highest BCUT2D eigenvalue weighted by atomic mass is 32.2. The van der Waals surface area contributed by atoms with E-state index in [0.29, 0.717) is 27.8 Å². The second-order valence-electron chi connectivity index (χ2n) is 5.49. The van der Waals surface area contributed by atoms with Crippen molar-refractivity contribution >= 4 is 38.4 Å². The number of hydrogen-bond acceptors (Lipinski definition) is 6. The van der Waals surface area contributed by atoms with Crippen molar-refractivity contribution in [1.82, 2.24) is 4.98 Å². The molecule has 2 N–H and O–H groups in total. The molecule has 7 heteroatoms. The van der Waals surface area contributed by atoms with Gasteiger partial charge in [0.05, 0.1) is 10.5 Å². The zero-order valence-corrected chi connectivity index (χ0v) is 13.3. The van der Waals surface area contributed by atoms with Gasteiger partial charge in [-0.3, -0.25) is 0 Å². The molecule has 0 unspecified atom stereocenters. The van der Waals surface area contributed by atoms with Crippen LogP contribution in [0.25, 0.3) is 11.1 Å². The average molecular weight is 314 g/mol. The molecular formula is C13H18N2O3S2. The van der Waals surface area contributed by atoms with Gasteiger partial charge in [-0.2, -0.15) is 0 Å². The number of sulfone groups is 1. The molecule has 1 aromatic carbocycles. The van der Waals surface area contributed by atoms with Crippen molar-refractivity contribution in [1.29, 1.82) is 0 Å².